The van der Waals surface area contributed by atoms with E-state index in [0.29, 0.717) is 17.4 Å². The van der Waals surface area contributed by atoms with Crippen LogP contribution in [-0.2, 0) is 0 Å². The first-order valence-electron chi connectivity index (χ1n) is 6.45. The summed E-state index contributed by atoms with van der Waals surface area (Å²) in [5.74, 6) is 0.845. The molecule has 0 N–H and O–H groups in total. The Bertz CT molecular complexity index is 385. The average molecular weight is 251 g/mol. The van der Waals surface area contributed by atoms with E-state index in [1.165, 1.54) is 32.1 Å². The molecule has 92 valence electrons. The zero-order valence-corrected chi connectivity index (χ0v) is 11.1. The number of hydrogen-bond donors (Lipinski definition) is 0. The second-order valence-electron chi connectivity index (χ2n) is 5.15. The fourth-order valence-electron chi connectivity index (χ4n) is 2.67. The van der Waals surface area contributed by atoms with Crippen LogP contribution in [0.25, 0.3) is 0 Å². The van der Waals surface area contributed by atoms with E-state index in [1.807, 2.05) is 19.1 Å². The zero-order chi connectivity index (χ0) is 12.3. The number of carbonyl (C=O) groups excluding carboxylic acids is 1. The van der Waals surface area contributed by atoms with Crippen molar-refractivity contribution in [3.05, 3.63) is 34.3 Å². The molecule has 1 nitrogen and oxygen atoms in total. The van der Waals surface area contributed by atoms with Gasteiger partial charge in [-0.15, -0.1) is 0 Å². The molecule has 0 spiro atoms. The summed E-state index contributed by atoms with van der Waals surface area (Å²) < 4.78 is 0. The van der Waals surface area contributed by atoms with Crippen LogP contribution in [0.15, 0.2) is 18.2 Å². The topological polar surface area (TPSA) is 17.1 Å². The maximum absolute atomic E-state index is 12.2. The molecular weight excluding hydrogens is 232 g/mol. The van der Waals surface area contributed by atoms with E-state index in [0.717, 1.165) is 11.1 Å². The summed E-state index contributed by atoms with van der Waals surface area (Å²) in [6.45, 7) is 1.98. The van der Waals surface area contributed by atoms with E-state index >= 15 is 0 Å². The summed E-state index contributed by atoms with van der Waals surface area (Å²) >= 11 is 5.98. The Balaban J connectivity index is 2.03. The number of ketones is 1. The molecule has 1 aliphatic carbocycles. The lowest BCUT2D eigenvalue weighted by Crippen LogP contribution is -2.12. The van der Waals surface area contributed by atoms with Crippen molar-refractivity contribution in [2.75, 3.05) is 0 Å². The minimum absolute atomic E-state index is 0.252. The van der Waals surface area contributed by atoms with Crippen molar-refractivity contribution in [3.8, 4) is 0 Å². The number of halogens is 1. The fraction of sp³-hybridized carbons (Fsp3) is 0.533. The van der Waals surface area contributed by atoms with Gasteiger partial charge < -0.3 is 0 Å². The standard InChI is InChI=1S/C15H19ClO/c1-11-7-13(10-14(16)8-11)15(17)9-12-5-3-2-4-6-12/h7-8,10,12H,2-6,9H2,1H3. The smallest absolute Gasteiger partial charge is 0.163 e. The molecule has 0 aliphatic heterocycles. The summed E-state index contributed by atoms with van der Waals surface area (Å²) in [5, 5.41) is 0.664. The van der Waals surface area contributed by atoms with E-state index in [2.05, 4.69) is 0 Å². The third-order valence-electron chi connectivity index (χ3n) is 3.56. The second kappa shape index (κ2) is 5.68. The van der Waals surface area contributed by atoms with Crippen molar-refractivity contribution < 1.29 is 4.79 Å². The van der Waals surface area contributed by atoms with Crippen molar-refractivity contribution in [2.24, 2.45) is 5.92 Å². The van der Waals surface area contributed by atoms with E-state index < -0.39 is 0 Å². The molecular formula is C15H19ClO. The second-order valence-corrected chi connectivity index (χ2v) is 5.59. The molecule has 0 aromatic heterocycles. The number of benzene rings is 1. The molecule has 1 fully saturated rings. The first-order chi connectivity index (χ1) is 8.15. The summed E-state index contributed by atoms with van der Waals surface area (Å²) in [4.78, 5) is 12.2. The summed E-state index contributed by atoms with van der Waals surface area (Å²) in [6.07, 6.45) is 7.02. The third kappa shape index (κ3) is 3.57. The van der Waals surface area contributed by atoms with E-state index in [4.69, 9.17) is 11.6 Å². The van der Waals surface area contributed by atoms with Crippen LogP contribution in [0.2, 0.25) is 5.02 Å². The van der Waals surface area contributed by atoms with Gasteiger partial charge in [0, 0.05) is 17.0 Å². The molecule has 2 rings (SSSR count). The largest absolute Gasteiger partial charge is 0.294 e. The Morgan fingerprint density at radius 3 is 2.59 bits per heavy atom. The van der Waals surface area contributed by atoms with Gasteiger partial charge in [0.15, 0.2) is 5.78 Å². The van der Waals surface area contributed by atoms with Crippen molar-refractivity contribution in [1.82, 2.24) is 0 Å². The molecule has 0 saturated heterocycles. The summed E-state index contributed by atoms with van der Waals surface area (Å²) in [7, 11) is 0. The Kier molecular flexibility index (Phi) is 4.22. The Morgan fingerprint density at radius 1 is 1.24 bits per heavy atom. The molecule has 0 unspecified atom stereocenters. The van der Waals surface area contributed by atoms with Crippen LogP contribution >= 0.6 is 11.6 Å². The first-order valence-corrected chi connectivity index (χ1v) is 6.83. The van der Waals surface area contributed by atoms with Crippen LogP contribution in [0, 0.1) is 12.8 Å². The van der Waals surface area contributed by atoms with Gasteiger partial charge in [0.1, 0.15) is 0 Å². The first kappa shape index (κ1) is 12.6. The number of carbonyl (C=O) groups is 1. The van der Waals surface area contributed by atoms with Crippen molar-refractivity contribution in [2.45, 2.75) is 45.4 Å². The highest BCUT2D eigenvalue weighted by Gasteiger charge is 2.18. The van der Waals surface area contributed by atoms with Gasteiger partial charge in [-0.2, -0.15) is 0 Å². The fourth-order valence-corrected chi connectivity index (χ4v) is 2.96. The van der Waals surface area contributed by atoms with Gasteiger partial charge in [0.2, 0.25) is 0 Å². The predicted octanol–water partition coefficient (Wildman–Crippen LogP) is 4.80. The van der Waals surface area contributed by atoms with E-state index in [1.54, 1.807) is 6.07 Å². The van der Waals surface area contributed by atoms with Crippen molar-refractivity contribution in [1.29, 1.82) is 0 Å². The lowest BCUT2D eigenvalue weighted by Gasteiger charge is -2.20. The van der Waals surface area contributed by atoms with Crippen LogP contribution < -0.4 is 0 Å². The minimum Gasteiger partial charge on any atom is -0.294 e. The van der Waals surface area contributed by atoms with Gasteiger partial charge in [0.25, 0.3) is 0 Å². The molecule has 2 heteroatoms. The lowest BCUT2D eigenvalue weighted by atomic mass is 9.84. The van der Waals surface area contributed by atoms with Gasteiger partial charge in [-0.1, -0.05) is 43.7 Å². The Labute approximate surface area is 108 Å². The van der Waals surface area contributed by atoms with Gasteiger partial charge in [-0.25, -0.2) is 0 Å². The quantitative estimate of drug-likeness (QED) is 0.704. The average Bonchev–Trinajstić information content (AvgIpc) is 2.29. The maximum Gasteiger partial charge on any atom is 0.163 e. The number of aryl methyl sites for hydroxylation is 1. The molecule has 0 amide bonds. The maximum atomic E-state index is 12.2. The number of rotatable bonds is 3. The molecule has 0 radical (unpaired) electrons. The summed E-state index contributed by atoms with van der Waals surface area (Å²) in [6, 6.07) is 5.62. The third-order valence-corrected chi connectivity index (χ3v) is 3.78. The van der Waals surface area contributed by atoms with Crippen LogP contribution in [0.5, 0.6) is 0 Å². The Morgan fingerprint density at radius 2 is 1.94 bits per heavy atom. The molecule has 1 aliphatic rings. The Hall–Kier alpha value is -0.820. The normalized spacial score (nSPS) is 17.1. The van der Waals surface area contributed by atoms with Crippen LogP contribution in [0.1, 0.15) is 54.4 Å². The van der Waals surface area contributed by atoms with Crippen LogP contribution in [-0.4, -0.2) is 5.78 Å². The highest BCUT2D eigenvalue weighted by molar-refractivity contribution is 6.31. The monoisotopic (exact) mass is 250 g/mol. The molecule has 1 aromatic carbocycles. The molecule has 17 heavy (non-hydrogen) atoms. The highest BCUT2D eigenvalue weighted by atomic mass is 35.5. The van der Waals surface area contributed by atoms with E-state index in [-0.39, 0.29) is 5.78 Å². The molecule has 1 saturated carbocycles. The molecule has 1 aromatic rings. The summed E-state index contributed by atoms with van der Waals surface area (Å²) in [5.41, 5.74) is 1.84. The number of Topliss-reactive ketones (excluding diaryl/α,β-unsaturated/α-hetero) is 1. The molecule has 0 heterocycles. The molecule has 0 bridgehead atoms. The highest BCUT2D eigenvalue weighted by Crippen LogP contribution is 2.28. The van der Waals surface area contributed by atoms with Gasteiger partial charge in [0.05, 0.1) is 0 Å². The van der Waals surface area contributed by atoms with Gasteiger partial charge in [-0.3, -0.25) is 4.79 Å². The SMILES string of the molecule is Cc1cc(Cl)cc(C(=O)CC2CCCCC2)c1. The predicted molar refractivity (Wildman–Crippen MR) is 71.7 cm³/mol. The lowest BCUT2D eigenvalue weighted by molar-refractivity contribution is 0.0950. The van der Waals surface area contributed by atoms with Gasteiger partial charge in [-0.05, 0) is 36.6 Å². The van der Waals surface area contributed by atoms with E-state index in [9.17, 15) is 4.79 Å². The zero-order valence-electron chi connectivity index (χ0n) is 10.3. The minimum atomic E-state index is 0.252. The molecule has 0 atom stereocenters. The number of hydrogen-bond acceptors (Lipinski definition) is 1. The van der Waals surface area contributed by atoms with Crippen LogP contribution in [0.3, 0.4) is 0 Å². The van der Waals surface area contributed by atoms with Gasteiger partial charge >= 0.3 is 0 Å². The van der Waals surface area contributed by atoms with Crippen molar-refractivity contribution in [3.63, 3.8) is 0 Å². The van der Waals surface area contributed by atoms with Crippen molar-refractivity contribution >= 4 is 17.4 Å². The van der Waals surface area contributed by atoms with Crippen LogP contribution in [0.4, 0.5) is 0 Å².